The largest absolute Gasteiger partial charge is 2.00 e. The molecule has 0 fully saturated rings. The maximum absolute atomic E-state index is 9.91. The van der Waals surface area contributed by atoms with Gasteiger partial charge in [-0.15, -0.1) is 6.20 Å². The normalized spacial score (nSPS) is 9.56. The van der Waals surface area contributed by atoms with Gasteiger partial charge in [0.15, 0.2) is 0 Å². The molecule has 0 radical (unpaired) electrons. The molecule has 0 aliphatic heterocycles. The first kappa shape index (κ1) is 18.1. The van der Waals surface area contributed by atoms with Crippen molar-refractivity contribution in [2.24, 2.45) is 5.41 Å². The molecule has 0 aliphatic rings. The molecule has 0 atom stereocenters. The van der Waals surface area contributed by atoms with Crippen LogP contribution in [0.25, 0.3) is 0 Å². The van der Waals surface area contributed by atoms with Crippen LogP contribution in [0, 0.1) is 11.6 Å². The molecule has 0 aliphatic carbocycles. The zero-order valence-corrected chi connectivity index (χ0v) is 13.7. The first-order valence-electron chi connectivity index (χ1n) is 4.00. The van der Waals surface area contributed by atoms with Gasteiger partial charge in [-0.2, -0.15) is 11.6 Å². The fourth-order valence-corrected chi connectivity index (χ4v) is 0.459. The topological polar surface area (TPSA) is 65.9 Å². The summed E-state index contributed by atoms with van der Waals surface area (Å²) < 4.78 is 0. The van der Waals surface area contributed by atoms with Gasteiger partial charge in [0.2, 0.25) is 0 Å². The number of halogens is 2. The molecule has 0 saturated carbocycles. The van der Waals surface area contributed by atoms with Crippen molar-refractivity contribution in [2.75, 3.05) is 0 Å². The number of carbonyl (C=O) groups is 1. The standard InChI is InChI=1S/C5H10O2.C4HCl2N2.Zn/c1-5(2,3)4(6)7;5-3-4(6)8-2-1-7-3;/h1-3H3,(H,6,7);1H;/q;-1;+2/p-1. The zero-order chi connectivity index (χ0) is 12.1. The smallest absolute Gasteiger partial charge is 0.550 e. The van der Waals surface area contributed by atoms with Crippen molar-refractivity contribution in [3.05, 3.63) is 22.7 Å². The van der Waals surface area contributed by atoms with Crippen LogP contribution < -0.4 is 5.11 Å². The maximum Gasteiger partial charge on any atom is 2.00 e. The molecule has 1 rings (SSSR count). The van der Waals surface area contributed by atoms with E-state index in [4.69, 9.17) is 23.2 Å². The molecule has 1 aromatic heterocycles. The van der Waals surface area contributed by atoms with Gasteiger partial charge in [0.25, 0.3) is 0 Å². The maximum atomic E-state index is 9.91. The number of hydrogen-bond donors (Lipinski definition) is 0. The van der Waals surface area contributed by atoms with E-state index in [2.05, 4.69) is 16.2 Å². The van der Waals surface area contributed by atoms with Crippen LogP contribution in [-0.4, -0.2) is 15.9 Å². The van der Waals surface area contributed by atoms with Crippen LogP contribution in [0.3, 0.4) is 0 Å². The summed E-state index contributed by atoms with van der Waals surface area (Å²) in [7, 11) is 0. The van der Waals surface area contributed by atoms with Gasteiger partial charge >= 0.3 is 19.5 Å². The van der Waals surface area contributed by atoms with Gasteiger partial charge in [-0.05, 0) is 6.20 Å². The van der Waals surface area contributed by atoms with Gasteiger partial charge in [0.05, 0.1) is 5.15 Å². The van der Waals surface area contributed by atoms with Crippen LogP contribution in [0.5, 0.6) is 0 Å². The molecule has 4 nitrogen and oxygen atoms in total. The first-order chi connectivity index (χ1) is 6.75. The van der Waals surface area contributed by atoms with Gasteiger partial charge in [-0.25, -0.2) is 0 Å². The third-order valence-corrected chi connectivity index (χ3v) is 1.82. The Labute approximate surface area is 117 Å². The summed E-state index contributed by atoms with van der Waals surface area (Å²) in [6.07, 6.45) is 3.78. The number of aliphatic carboxylic acids is 1. The Balaban J connectivity index is 0. The second kappa shape index (κ2) is 7.94. The fraction of sp³-hybridized carbons (Fsp3) is 0.444. The molecule has 0 saturated heterocycles. The van der Waals surface area contributed by atoms with Crippen LogP contribution in [0.4, 0.5) is 0 Å². The van der Waals surface area contributed by atoms with Crippen LogP contribution in [0.15, 0.2) is 6.20 Å². The SMILES string of the molecule is CC(C)(C)C(=O)[O-].Clc1n[c-]cnc1Cl.[Zn+2]. The Morgan fingerprint density at radius 1 is 1.38 bits per heavy atom. The van der Waals surface area contributed by atoms with Crippen LogP contribution in [0.2, 0.25) is 10.3 Å². The third-order valence-electron chi connectivity index (χ3n) is 1.18. The number of carboxylic acids is 1. The number of aromatic nitrogens is 2. The summed E-state index contributed by atoms with van der Waals surface area (Å²) in [5.74, 6) is -1.01. The number of hydrogen-bond acceptors (Lipinski definition) is 4. The van der Waals surface area contributed by atoms with Gasteiger partial charge < -0.3 is 14.9 Å². The average molecular weight is 314 g/mol. The Kier molecular flexibility index (Phi) is 8.99. The van der Waals surface area contributed by atoms with Crippen molar-refractivity contribution in [2.45, 2.75) is 20.8 Å². The minimum Gasteiger partial charge on any atom is -0.550 e. The molecule has 7 heteroatoms. The Morgan fingerprint density at radius 2 is 1.81 bits per heavy atom. The van der Waals surface area contributed by atoms with E-state index in [1.54, 1.807) is 20.8 Å². The summed E-state index contributed by atoms with van der Waals surface area (Å²) >= 11 is 10.8. The molecular formula is C9H10Cl2N2O2Zn. The average Bonchev–Trinajstić information content (AvgIpc) is 2.09. The van der Waals surface area contributed by atoms with E-state index in [1.807, 2.05) is 0 Å². The number of nitrogens with zero attached hydrogens (tertiary/aromatic N) is 2. The summed E-state index contributed by atoms with van der Waals surface area (Å²) in [6, 6.07) is 0. The Bertz CT molecular complexity index is 322. The van der Waals surface area contributed by atoms with Crippen LogP contribution >= 0.6 is 23.2 Å². The zero-order valence-electron chi connectivity index (χ0n) is 9.25. The summed E-state index contributed by atoms with van der Waals surface area (Å²) in [5, 5.41) is 10.3. The van der Waals surface area contributed by atoms with Crippen LogP contribution in [0.1, 0.15) is 20.8 Å². The molecular weight excluding hydrogens is 304 g/mol. The third kappa shape index (κ3) is 7.97. The second-order valence-corrected chi connectivity index (χ2v) is 4.33. The summed E-state index contributed by atoms with van der Waals surface area (Å²) in [4.78, 5) is 17.0. The quantitative estimate of drug-likeness (QED) is 0.536. The van der Waals surface area contributed by atoms with Crippen molar-refractivity contribution >= 4 is 29.2 Å². The molecule has 0 N–H and O–H groups in total. The van der Waals surface area contributed by atoms with Gasteiger partial charge in [-0.1, -0.05) is 32.4 Å². The van der Waals surface area contributed by atoms with E-state index < -0.39 is 11.4 Å². The van der Waals surface area contributed by atoms with Crippen molar-refractivity contribution < 1.29 is 29.4 Å². The first-order valence-corrected chi connectivity index (χ1v) is 4.76. The van der Waals surface area contributed by atoms with Gasteiger partial charge in [0.1, 0.15) is 0 Å². The minimum atomic E-state index is -1.01. The van der Waals surface area contributed by atoms with E-state index in [0.29, 0.717) is 0 Å². The van der Waals surface area contributed by atoms with E-state index in [-0.39, 0.29) is 29.8 Å². The molecule has 84 valence electrons. The molecule has 0 aromatic carbocycles. The molecule has 16 heavy (non-hydrogen) atoms. The van der Waals surface area contributed by atoms with E-state index in [9.17, 15) is 9.90 Å². The minimum absolute atomic E-state index is 0. The van der Waals surface area contributed by atoms with Crippen molar-refractivity contribution in [1.29, 1.82) is 0 Å². The predicted octanol–water partition coefficient (Wildman–Crippen LogP) is 1.36. The number of carboxylic acid groups (broad SMARTS) is 1. The molecule has 0 spiro atoms. The Hall–Kier alpha value is -0.247. The summed E-state index contributed by atoms with van der Waals surface area (Å²) in [5.41, 5.74) is -0.694. The van der Waals surface area contributed by atoms with Crippen molar-refractivity contribution in [3.8, 4) is 0 Å². The number of rotatable bonds is 0. The predicted molar refractivity (Wildman–Crippen MR) is 55.4 cm³/mol. The second-order valence-electron chi connectivity index (χ2n) is 3.62. The monoisotopic (exact) mass is 312 g/mol. The molecule has 0 unspecified atom stereocenters. The molecule has 0 amide bonds. The summed E-state index contributed by atoms with van der Waals surface area (Å²) in [6.45, 7) is 4.80. The van der Waals surface area contributed by atoms with Crippen LogP contribution in [-0.2, 0) is 24.3 Å². The van der Waals surface area contributed by atoms with E-state index in [1.165, 1.54) is 6.20 Å². The molecule has 0 bridgehead atoms. The number of carbonyl (C=O) groups excluding carboxylic acids is 1. The van der Waals surface area contributed by atoms with Crippen molar-refractivity contribution in [1.82, 2.24) is 9.97 Å². The molecule has 1 heterocycles. The van der Waals surface area contributed by atoms with Crippen molar-refractivity contribution in [3.63, 3.8) is 0 Å². The molecule has 1 aromatic rings. The van der Waals surface area contributed by atoms with E-state index >= 15 is 0 Å². The Morgan fingerprint density at radius 3 is 2.00 bits per heavy atom. The van der Waals surface area contributed by atoms with E-state index in [0.717, 1.165) is 0 Å². The van der Waals surface area contributed by atoms with Gasteiger partial charge in [0, 0.05) is 16.5 Å². The van der Waals surface area contributed by atoms with Gasteiger partial charge in [-0.3, -0.25) is 4.98 Å². The fourth-order valence-electron chi connectivity index (χ4n) is 0.270.